The zero-order valence-electron chi connectivity index (χ0n) is 13.4. The van der Waals surface area contributed by atoms with Crippen molar-refractivity contribution in [3.63, 3.8) is 0 Å². The number of halogens is 2. The maximum Gasteiger partial charge on any atom is 0.223 e. The second-order valence-electron chi connectivity index (χ2n) is 6.63. The van der Waals surface area contributed by atoms with Gasteiger partial charge in [0.2, 0.25) is 5.91 Å². The van der Waals surface area contributed by atoms with Gasteiger partial charge in [0.25, 0.3) is 0 Å². The van der Waals surface area contributed by atoms with Crippen LogP contribution in [0.5, 0.6) is 0 Å². The van der Waals surface area contributed by atoms with Crippen LogP contribution in [0.15, 0.2) is 5.38 Å². The van der Waals surface area contributed by atoms with Gasteiger partial charge in [0.05, 0.1) is 12.2 Å². The van der Waals surface area contributed by atoms with Crippen LogP contribution in [0.2, 0.25) is 0 Å². The molecule has 0 unspecified atom stereocenters. The van der Waals surface area contributed by atoms with E-state index in [1.807, 2.05) is 0 Å². The van der Waals surface area contributed by atoms with E-state index in [2.05, 4.69) is 36.5 Å². The summed E-state index contributed by atoms with van der Waals surface area (Å²) in [6, 6.07) is 0. The van der Waals surface area contributed by atoms with Crippen LogP contribution in [-0.2, 0) is 16.8 Å². The summed E-state index contributed by atoms with van der Waals surface area (Å²) in [4.78, 5) is 16.8. The summed E-state index contributed by atoms with van der Waals surface area (Å²) in [6.45, 7) is 7.59. The van der Waals surface area contributed by atoms with Crippen LogP contribution >= 0.6 is 36.2 Å². The maximum absolute atomic E-state index is 12.2. The smallest absolute Gasteiger partial charge is 0.223 e. The van der Waals surface area contributed by atoms with E-state index in [0.717, 1.165) is 30.0 Å². The number of amides is 1. The highest BCUT2D eigenvalue weighted by Gasteiger charge is 2.31. The van der Waals surface area contributed by atoms with Gasteiger partial charge in [-0.25, -0.2) is 4.98 Å². The zero-order chi connectivity index (χ0) is 14.8. The largest absolute Gasteiger partial charge is 0.349 e. The first kappa shape index (κ1) is 21.6. The molecule has 3 N–H and O–H groups in total. The molecular formula is C15H27Cl2N3OS. The molecule has 1 saturated carbocycles. The number of nitrogens with one attached hydrogen (secondary N) is 1. The van der Waals surface area contributed by atoms with Crippen LogP contribution in [0.3, 0.4) is 0 Å². The quantitative estimate of drug-likeness (QED) is 0.857. The number of hydrogen-bond donors (Lipinski definition) is 2. The summed E-state index contributed by atoms with van der Waals surface area (Å²) in [5.41, 5.74) is 6.88. The highest BCUT2D eigenvalue weighted by Crippen LogP contribution is 2.31. The van der Waals surface area contributed by atoms with Crippen LogP contribution in [0.4, 0.5) is 0 Å². The number of nitrogens with zero attached hydrogens (tertiary/aromatic N) is 1. The Labute approximate surface area is 149 Å². The van der Waals surface area contributed by atoms with E-state index in [4.69, 9.17) is 5.73 Å². The van der Waals surface area contributed by atoms with Crippen molar-refractivity contribution in [1.82, 2.24) is 10.3 Å². The second kappa shape index (κ2) is 9.06. The summed E-state index contributed by atoms with van der Waals surface area (Å²) in [5.74, 6) is 0.601. The Kier molecular flexibility index (Phi) is 8.91. The molecule has 1 aliphatic rings. The molecule has 22 heavy (non-hydrogen) atoms. The molecule has 1 fully saturated rings. The number of carbonyl (C=O) groups is 1. The highest BCUT2D eigenvalue weighted by molar-refractivity contribution is 7.09. The van der Waals surface area contributed by atoms with Crippen molar-refractivity contribution in [3.05, 3.63) is 16.1 Å². The molecule has 1 aliphatic carbocycles. The lowest BCUT2D eigenvalue weighted by molar-refractivity contribution is -0.126. The van der Waals surface area contributed by atoms with E-state index in [9.17, 15) is 4.79 Å². The van der Waals surface area contributed by atoms with Crippen molar-refractivity contribution in [1.29, 1.82) is 0 Å². The maximum atomic E-state index is 12.2. The molecule has 1 aromatic rings. The predicted molar refractivity (Wildman–Crippen MR) is 97.0 cm³/mol. The molecule has 0 aromatic carbocycles. The standard InChI is InChI=1S/C15H25N3OS.2ClH/c1-15(2,3)12-9-20-13(18-12)8-17-14(19)11-6-4-5-10(11)7-16;;/h9-11H,4-8,16H2,1-3H3,(H,17,19);2*1H/t10-,11-;;/m1../s1. The Morgan fingerprint density at radius 1 is 1.41 bits per heavy atom. The summed E-state index contributed by atoms with van der Waals surface area (Å²) in [5, 5.41) is 6.08. The summed E-state index contributed by atoms with van der Waals surface area (Å²) in [7, 11) is 0. The first-order valence-corrected chi connectivity index (χ1v) is 8.22. The lowest BCUT2D eigenvalue weighted by Gasteiger charge is -2.17. The number of aromatic nitrogens is 1. The third kappa shape index (κ3) is 5.37. The Bertz CT molecular complexity index is 474. The minimum absolute atomic E-state index is 0. The normalized spacial score (nSPS) is 20.9. The molecule has 1 amide bonds. The molecule has 0 bridgehead atoms. The van der Waals surface area contributed by atoms with Gasteiger partial charge in [-0.2, -0.15) is 0 Å². The van der Waals surface area contributed by atoms with E-state index in [1.165, 1.54) is 0 Å². The molecule has 0 aliphatic heterocycles. The number of nitrogens with two attached hydrogens (primary N) is 1. The van der Waals surface area contributed by atoms with Gasteiger partial charge < -0.3 is 11.1 Å². The predicted octanol–water partition coefficient (Wildman–Crippen LogP) is 3.28. The van der Waals surface area contributed by atoms with Gasteiger partial charge in [0.15, 0.2) is 0 Å². The van der Waals surface area contributed by atoms with E-state index in [0.29, 0.717) is 19.0 Å². The second-order valence-corrected chi connectivity index (χ2v) is 7.57. The van der Waals surface area contributed by atoms with Crippen molar-refractivity contribution >= 4 is 42.1 Å². The van der Waals surface area contributed by atoms with Gasteiger partial charge in [0.1, 0.15) is 5.01 Å². The molecule has 1 heterocycles. The average Bonchev–Trinajstić information content (AvgIpc) is 3.03. The fourth-order valence-electron chi connectivity index (χ4n) is 2.69. The van der Waals surface area contributed by atoms with Gasteiger partial charge >= 0.3 is 0 Å². The van der Waals surface area contributed by atoms with E-state index < -0.39 is 0 Å². The monoisotopic (exact) mass is 367 g/mol. The minimum Gasteiger partial charge on any atom is -0.349 e. The van der Waals surface area contributed by atoms with E-state index in [-0.39, 0.29) is 42.1 Å². The topological polar surface area (TPSA) is 68.0 Å². The van der Waals surface area contributed by atoms with Crippen molar-refractivity contribution in [2.75, 3.05) is 6.54 Å². The summed E-state index contributed by atoms with van der Waals surface area (Å²) < 4.78 is 0. The number of carbonyl (C=O) groups excluding carboxylic acids is 1. The molecule has 128 valence electrons. The molecule has 0 spiro atoms. The number of hydrogen-bond acceptors (Lipinski definition) is 4. The molecule has 1 aromatic heterocycles. The van der Waals surface area contributed by atoms with Crippen LogP contribution in [0, 0.1) is 11.8 Å². The van der Waals surface area contributed by atoms with E-state index >= 15 is 0 Å². The zero-order valence-corrected chi connectivity index (χ0v) is 15.9. The third-order valence-corrected chi connectivity index (χ3v) is 4.88. The Balaban J connectivity index is 0.00000220. The molecule has 0 radical (unpaired) electrons. The van der Waals surface area contributed by atoms with Gasteiger partial charge in [-0.15, -0.1) is 36.2 Å². The first-order valence-electron chi connectivity index (χ1n) is 7.34. The van der Waals surface area contributed by atoms with Crippen LogP contribution in [0.1, 0.15) is 50.7 Å². The summed E-state index contributed by atoms with van der Waals surface area (Å²) >= 11 is 1.62. The van der Waals surface area contributed by atoms with Crippen LogP contribution in [-0.4, -0.2) is 17.4 Å². The van der Waals surface area contributed by atoms with Crippen LogP contribution in [0.25, 0.3) is 0 Å². The van der Waals surface area contributed by atoms with Crippen molar-refractivity contribution in [3.8, 4) is 0 Å². The van der Waals surface area contributed by atoms with E-state index in [1.54, 1.807) is 11.3 Å². The first-order chi connectivity index (χ1) is 9.41. The van der Waals surface area contributed by atoms with Gasteiger partial charge in [-0.05, 0) is 25.3 Å². The molecular weight excluding hydrogens is 341 g/mol. The number of rotatable bonds is 4. The molecule has 2 rings (SSSR count). The Morgan fingerprint density at radius 3 is 2.64 bits per heavy atom. The number of thiazole rings is 1. The fourth-order valence-corrected chi connectivity index (χ4v) is 3.65. The average molecular weight is 368 g/mol. The lowest BCUT2D eigenvalue weighted by atomic mass is 9.93. The summed E-state index contributed by atoms with van der Waals surface area (Å²) in [6.07, 6.45) is 3.17. The van der Waals surface area contributed by atoms with Crippen molar-refractivity contribution in [2.24, 2.45) is 17.6 Å². The Hall–Kier alpha value is -0.360. The van der Waals surface area contributed by atoms with Gasteiger partial charge in [-0.1, -0.05) is 27.2 Å². The third-order valence-electron chi connectivity index (χ3n) is 4.03. The van der Waals surface area contributed by atoms with Gasteiger partial charge in [0, 0.05) is 16.7 Å². The molecule has 0 saturated heterocycles. The lowest BCUT2D eigenvalue weighted by Crippen LogP contribution is -2.34. The molecule has 4 nitrogen and oxygen atoms in total. The SMILES string of the molecule is CC(C)(C)c1csc(CNC(=O)[C@@H]2CCC[C@@H]2CN)n1.Cl.Cl. The van der Waals surface area contributed by atoms with Crippen molar-refractivity contribution < 1.29 is 4.79 Å². The van der Waals surface area contributed by atoms with Crippen molar-refractivity contribution in [2.45, 2.75) is 52.0 Å². The molecule has 2 atom stereocenters. The minimum atomic E-state index is 0. The molecule has 7 heteroatoms. The van der Waals surface area contributed by atoms with Crippen LogP contribution < -0.4 is 11.1 Å². The fraction of sp³-hybridized carbons (Fsp3) is 0.733. The Morgan fingerprint density at radius 2 is 2.09 bits per heavy atom. The van der Waals surface area contributed by atoms with Gasteiger partial charge in [-0.3, -0.25) is 4.79 Å². The highest BCUT2D eigenvalue weighted by atomic mass is 35.5.